The molecule has 2 aromatic rings. The van der Waals surface area contributed by atoms with E-state index in [1.54, 1.807) is 12.1 Å². The minimum absolute atomic E-state index is 0.0278. The lowest BCUT2D eigenvalue weighted by Crippen LogP contribution is -2.29. The topological polar surface area (TPSA) is 117 Å². The molecule has 2 aliphatic rings. The Labute approximate surface area is 166 Å². The van der Waals surface area contributed by atoms with Crippen molar-refractivity contribution in [3.8, 4) is 11.5 Å². The minimum atomic E-state index is -0.465. The molecule has 0 saturated heterocycles. The fourth-order valence-corrected chi connectivity index (χ4v) is 4.29. The largest absolute Gasteiger partial charge is 0.494 e. The second-order valence-corrected chi connectivity index (χ2v) is 7.03. The molecule has 1 aliphatic heterocycles. The number of hydrogen-bond donors (Lipinski definition) is 1. The number of allylic oxidation sites excluding steroid dienone is 2. The summed E-state index contributed by atoms with van der Waals surface area (Å²) in [5.41, 5.74) is 2.10. The average molecular weight is 397 g/mol. The molecule has 0 amide bonds. The number of benzene rings is 2. The van der Waals surface area contributed by atoms with Crippen molar-refractivity contribution in [2.24, 2.45) is 5.92 Å². The maximum atomic E-state index is 11.5. The monoisotopic (exact) mass is 397 g/mol. The highest BCUT2D eigenvalue weighted by Gasteiger charge is 2.40. The van der Waals surface area contributed by atoms with Gasteiger partial charge in [0, 0.05) is 18.1 Å². The number of fused-ring (bicyclic) bond motifs is 3. The molecule has 4 rings (SSSR count). The van der Waals surface area contributed by atoms with Crippen LogP contribution in [-0.2, 0) is 0 Å². The van der Waals surface area contributed by atoms with Gasteiger partial charge in [0.15, 0.2) is 5.75 Å². The van der Waals surface area contributed by atoms with Crippen LogP contribution in [0.4, 0.5) is 17.1 Å². The quantitative estimate of drug-likeness (QED) is 0.453. The van der Waals surface area contributed by atoms with Crippen LogP contribution in [0.1, 0.15) is 29.5 Å². The van der Waals surface area contributed by atoms with E-state index in [9.17, 15) is 20.2 Å². The summed E-state index contributed by atoms with van der Waals surface area (Å²) in [6.45, 7) is 0. The standard InChI is InChI=1S/C20H19N3O6/c1-28-17-7-6-11(8-16(17)23(26)27)19-14-5-3-4-13(14)15-9-12(22(24)25)10-18(29-2)20(15)21-19/h3-4,6-10,13-14,19,21H,5H2,1-2H3/t13-,14+,19-/m1/s1. The van der Waals surface area contributed by atoms with E-state index in [4.69, 9.17) is 9.47 Å². The molecule has 0 bridgehead atoms. The van der Waals surface area contributed by atoms with Gasteiger partial charge < -0.3 is 14.8 Å². The first-order valence-electron chi connectivity index (χ1n) is 9.06. The van der Waals surface area contributed by atoms with Gasteiger partial charge in [-0.1, -0.05) is 18.2 Å². The Morgan fingerprint density at radius 1 is 1.03 bits per heavy atom. The van der Waals surface area contributed by atoms with E-state index in [2.05, 4.69) is 5.32 Å². The van der Waals surface area contributed by atoms with Gasteiger partial charge in [-0.25, -0.2) is 0 Å². The zero-order valence-electron chi connectivity index (χ0n) is 15.8. The molecule has 9 heteroatoms. The predicted molar refractivity (Wildman–Crippen MR) is 106 cm³/mol. The third-order valence-corrected chi connectivity index (χ3v) is 5.61. The molecule has 29 heavy (non-hydrogen) atoms. The maximum absolute atomic E-state index is 11.5. The first kappa shape index (κ1) is 18.7. The van der Waals surface area contributed by atoms with Crippen LogP contribution in [-0.4, -0.2) is 24.1 Å². The van der Waals surface area contributed by atoms with Crippen molar-refractivity contribution >= 4 is 17.1 Å². The fourth-order valence-electron chi connectivity index (χ4n) is 4.29. The van der Waals surface area contributed by atoms with Gasteiger partial charge in [-0.2, -0.15) is 0 Å². The van der Waals surface area contributed by atoms with Gasteiger partial charge in [0.25, 0.3) is 5.69 Å². The number of nitrogens with zero attached hydrogens (tertiary/aromatic N) is 2. The van der Waals surface area contributed by atoms with Crippen LogP contribution in [0.15, 0.2) is 42.5 Å². The van der Waals surface area contributed by atoms with Crippen LogP contribution in [0.2, 0.25) is 0 Å². The Kier molecular flexibility index (Phi) is 4.57. The Bertz CT molecular complexity index is 1040. The molecule has 0 aromatic heterocycles. The van der Waals surface area contributed by atoms with Crippen molar-refractivity contribution in [1.82, 2.24) is 0 Å². The van der Waals surface area contributed by atoms with Gasteiger partial charge in [-0.15, -0.1) is 0 Å². The summed E-state index contributed by atoms with van der Waals surface area (Å²) < 4.78 is 10.5. The number of nitro benzene ring substituents is 2. The number of methoxy groups -OCH3 is 2. The second-order valence-electron chi connectivity index (χ2n) is 7.03. The molecule has 1 N–H and O–H groups in total. The van der Waals surface area contributed by atoms with Gasteiger partial charge in [0.05, 0.1) is 41.9 Å². The number of non-ortho nitro benzene ring substituents is 1. The number of rotatable bonds is 5. The number of ether oxygens (including phenoxy) is 2. The van der Waals surface area contributed by atoms with Crippen molar-refractivity contribution < 1.29 is 19.3 Å². The summed E-state index contributed by atoms with van der Waals surface area (Å²) in [5.74, 6) is 0.596. The van der Waals surface area contributed by atoms with Gasteiger partial charge in [0.1, 0.15) is 5.75 Å². The molecule has 150 valence electrons. The molecule has 0 radical (unpaired) electrons. The minimum Gasteiger partial charge on any atom is -0.494 e. The van der Waals surface area contributed by atoms with Crippen LogP contribution in [0.25, 0.3) is 0 Å². The smallest absolute Gasteiger partial charge is 0.311 e. The lowest BCUT2D eigenvalue weighted by Gasteiger charge is -2.38. The Balaban J connectivity index is 1.83. The first-order chi connectivity index (χ1) is 13.9. The Morgan fingerprint density at radius 2 is 1.79 bits per heavy atom. The summed E-state index contributed by atoms with van der Waals surface area (Å²) in [7, 11) is 2.86. The molecule has 0 unspecified atom stereocenters. The van der Waals surface area contributed by atoms with Crippen LogP contribution < -0.4 is 14.8 Å². The van der Waals surface area contributed by atoms with Crippen molar-refractivity contribution in [3.63, 3.8) is 0 Å². The lowest BCUT2D eigenvalue weighted by atomic mass is 9.76. The summed E-state index contributed by atoms with van der Waals surface area (Å²) in [5, 5.41) is 26.2. The highest BCUT2D eigenvalue weighted by Crippen LogP contribution is 2.53. The second kappa shape index (κ2) is 7.08. The molecule has 0 spiro atoms. The number of hydrogen-bond acceptors (Lipinski definition) is 7. The zero-order chi connectivity index (χ0) is 20.7. The normalized spacial score (nSPS) is 21.7. The van der Waals surface area contributed by atoms with E-state index >= 15 is 0 Å². The number of anilines is 1. The van der Waals surface area contributed by atoms with Gasteiger partial charge in [-0.05, 0) is 29.5 Å². The third-order valence-electron chi connectivity index (χ3n) is 5.61. The molecule has 1 aliphatic carbocycles. The fraction of sp³-hybridized carbons (Fsp3) is 0.300. The van der Waals surface area contributed by atoms with E-state index < -0.39 is 9.85 Å². The van der Waals surface area contributed by atoms with Gasteiger partial charge in [0.2, 0.25) is 0 Å². The van der Waals surface area contributed by atoms with Crippen molar-refractivity contribution in [2.45, 2.75) is 18.4 Å². The molecular formula is C20H19N3O6. The number of nitrogens with one attached hydrogen (secondary N) is 1. The molecular weight excluding hydrogens is 378 g/mol. The molecule has 0 fully saturated rings. The van der Waals surface area contributed by atoms with E-state index in [1.807, 2.05) is 18.2 Å². The van der Waals surface area contributed by atoms with Crippen molar-refractivity contribution in [3.05, 3.63) is 73.8 Å². The average Bonchev–Trinajstić information content (AvgIpc) is 3.21. The van der Waals surface area contributed by atoms with Crippen LogP contribution in [0, 0.1) is 26.1 Å². The molecule has 0 saturated carbocycles. The van der Waals surface area contributed by atoms with Crippen molar-refractivity contribution in [2.75, 3.05) is 19.5 Å². The molecule has 2 aromatic carbocycles. The third kappa shape index (κ3) is 3.04. The molecule has 1 heterocycles. The predicted octanol–water partition coefficient (Wildman–Crippen LogP) is 4.35. The highest BCUT2D eigenvalue weighted by molar-refractivity contribution is 5.71. The zero-order valence-corrected chi connectivity index (χ0v) is 15.8. The summed E-state index contributed by atoms with van der Waals surface area (Å²) in [4.78, 5) is 21.9. The van der Waals surface area contributed by atoms with Crippen LogP contribution in [0.5, 0.6) is 11.5 Å². The maximum Gasteiger partial charge on any atom is 0.311 e. The summed E-state index contributed by atoms with van der Waals surface area (Å²) >= 11 is 0. The molecule has 3 atom stereocenters. The molecule has 9 nitrogen and oxygen atoms in total. The van der Waals surface area contributed by atoms with Crippen molar-refractivity contribution in [1.29, 1.82) is 0 Å². The summed E-state index contributed by atoms with van der Waals surface area (Å²) in [6.07, 6.45) is 4.84. The SMILES string of the molecule is COc1ccc([C@H]2Nc3c(OC)cc([N+](=O)[O-])cc3[C@@H]3C=CC[C@H]23)cc1[N+](=O)[O-]. The highest BCUT2D eigenvalue weighted by atomic mass is 16.6. The van der Waals surface area contributed by atoms with E-state index in [0.717, 1.165) is 17.5 Å². The lowest BCUT2D eigenvalue weighted by molar-refractivity contribution is -0.385. The summed E-state index contributed by atoms with van der Waals surface area (Å²) in [6, 6.07) is 7.66. The first-order valence-corrected chi connectivity index (χ1v) is 9.06. The van der Waals surface area contributed by atoms with Crippen LogP contribution in [0.3, 0.4) is 0 Å². The van der Waals surface area contributed by atoms with Crippen LogP contribution >= 0.6 is 0 Å². The Hall–Kier alpha value is -3.62. The van der Waals surface area contributed by atoms with Gasteiger partial charge in [-0.3, -0.25) is 20.2 Å². The van der Waals surface area contributed by atoms with E-state index in [1.165, 1.54) is 26.4 Å². The van der Waals surface area contributed by atoms with Gasteiger partial charge >= 0.3 is 5.69 Å². The Morgan fingerprint density at radius 3 is 2.45 bits per heavy atom. The number of nitro groups is 2. The van der Waals surface area contributed by atoms with E-state index in [0.29, 0.717) is 11.4 Å². The van der Waals surface area contributed by atoms with E-state index in [-0.39, 0.29) is 35.0 Å².